The second-order valence-corrected chi connectivity index (χ2v) is 4.56. The van der Waals surface area contributed by atoms with E-state index in [4.69, 9.17) is 11.6 Å². The van der Waals surface area contributed by atoms with E-state index in [9.17, 15) is 9.90 Å². The third kappa shape index (κ3) is 3.93. The number of phenolic OH excluding ortho intramolecular Hbond substituents is 1. The van der Waals surface area contributed by atoms with Gasteiger partial charge in [-0.15, -0.1) is 11.6 Å². The van der Waals surface area contributed by atoms with Gasteiger partial charge < -0.3 is 10.0 Å². The molecule has 0 aliphatic carbocycles. The van der Waals surface area contributed by atoms with Crippen molar-refractivity contribution in [1.82, 2.24) is 4.90 Å². The molecule has 0 fully saturated rings. The van der Waals surface area contributed by atoms with Crippen LogP contribution < -0.4 is 0 Å². The average molecular weight is 256 g/mol. The van der Waals surface area contributed by atoms with E-state index in [0.717, 1.165) is 6.42 Å². The van der Waals surface area contributed by atoms with Crippen molar-refractivity contribution >= 4 is 17.5 Å². The molecule has 1 aromatic carbocycles. The van der Waals surface area contributed by atoms with Gasteiger partial charge in [0, 0.05) is 24.0 Å². The molecule has 3 nitrogen and oxygen atoms in total. The summed E-state index contributed by atoms with van der Waals surface area (Å²) in [5, 5.41) is 9.37. The molecular weight excluding hydrogens is 238 g/mol. The first-order valence-corrected chi connectivity index (χ1v) is 6.25. The van der Waals surface area contributed by atoms with Gasteiger partial charge in [-0.05, 0) is 38.5 Å². The predicted molar refractivity (Wildman–Crippen MR) is 69.6 cm³/mol. The van der Waals surface area contributed by atoms with Crippen LogP contribution in [0.5, 0.6) is 5.75 Å². The Hall–Kier alpha value is -1.22. The summed E-state index contributed by atoms with van der Waals surface area (Å²) in [4.78, 5) is 14.0. The highest BCUT2D eigenvalue weighted by Crippen LogP contribution is 2.15. The molecule has 0 bridgehead atoms. The zero-order chi connectivity index (χ0) is 12.8. The maximum absolute atomic E-state index is 12.2. The fraction of sp³-hybridized carbons (Fsp3) is 0.462. The first kappa shape index (κ1) is 13.8. The van der Waals surface area contributed by atoms with E-state index in [1.165, 1.54) is 6.07 Å². The molecule has 94 valence electrons. The van der Waals surface area contributed by atoms with Crippen molar-refractivity contribution in [3.63, 3.8) is 0 Å². The van der Waals surface area contributed by atoms with Gasteiger partial charge in [-0.25, -0.2) is 0 Å². The molecule has 0 atom stereocenters. The monoisotopic (exact) mass is 255 g/mol. The van der Waals surface area contributed by atoms with Gasteiger partial charge >= 0.3 is 0 Å². The Bertz CT molecular complexity index is 379. The van der Waals surface area contributed by atoms with Gasteiger partial charge in [-0.2, -0.15) is 0 Å². The highest BCUT2D eigenvalue weighted by atomic mass is 35.5. The predicted octanol–water partition coefficient (Wildman–Crippen LogP) is 2.87. The van der Waals surface area contributed by atoms with Crippen LogP contribution >= 0.6 is 11.6 Å². The highest BCUT2D eigenvalue weighted by Gasteiger charge is 2.18. The molecule has 1 amide bonds. The molecule has 0 unspecified atom stereocenters. The molecule has 1 N–H and O–H groups in total. The fourth-order valence-electron chi connectivity index (χ4n) is 1.63. The molecule has 0 aromatic heterocycles. The largest absolute Gasteiger partial charge is 0.508 e. The quantitative estimate of drug-likeness (QED) is 0.822. The molecule has 0 heterocycles. The van der Waals surface area contributed by atoms with Crippen LogP contribution in [0, 0.1) is 0 Å². The molecule has 1 aromatic rings. The Morgan fingerprint density at radius 2 is 2.18 bits per heavy atom. The van der Waals surface area contributed by atoms with E-state index in [0.29, 0.717) is 18.0 Å². The van der Waals surface area contributed by atoms with Gasteiger partial charge in [-0.3, -0.25) is 4.79 Å². The Morgan fingerprint density at radius 3 is 2.71 bits per heavy atom. The lowest BCUT2D eigenvalue weighted by Crippen LogP contribution is -2.37. The second-order valence-electron chi connectivity index (χ2n) is 4.19. The fourth-order valence-corrected chi connectivity index (χ4v) is 1.75. The Balaban J connectivity index is 2.84. The average Bonchev–Trinajstić information content (AvgIpc) is 2.29. The van der Waals surface area contributed by atoms with Crippen LogP contribution in [0.15, 0.2) is 24.3 Å². The van der Waals surface area contributed by atoms with E-state index in [-0.39, 0.29) is 17.7 Å². The van der Waals surface area contributed by atoms with Gasteiger partial charge in [-0.1, -0.05) is 6.07 Å². The number of hydrogen-bond donors (Lipinski definition) is 1. The summed E-state index contributed by atoms with van der Waals surface area (Å²) < 4.78 is 0. The van der Waals surface area contributed by atoms with Gasteiger partial charge in [0.1, 0.15) is 5.75 Å². The molecule has 0 aliphatic heterocycles. The summed E-state index contributed by atoms with van der Waals surface area (Å²) in [5.74, 6) is 0.578. The number of hydrogen-bond acceptors (Lipinski definition) is 2. The molecule has 4 heteroatoms. The number of aromatic hydroxyl groups is 1. The smallest absolute Gasteiger partial charge is 0.254 e. The summed E-state index contributed by atoms with van der Waals surface area (Å²) in [7, 11) is 0. The molecule has 0 radical (unpaired) electrons. The van der Waals surface area contributed by atoms with Crippen LogP contribution in [0.25, 0.3) is 0 Å². The summed E-state index contributed by atoms with van der Waals surface area (Å²) in [6.07, 6.45) is 0.768. The third-order valence-corrected chi connectivity index (χ3v) is 2.78. The normalized spacial score (nSPS) is 10.6. The van der Waals surface area contributed by atoms with Crippen molar-refractivity contribution in [3.05, 3.63) is 29.8 Å². The van der Waals surface area contributed by atoms with Crippen molar-refractivity contribution in [2.24, 2.45) is 0 Å². The standard InChI is InChI=1S/C13H18ClNO2/c1-10(2)15(8-4-7-14)13(17)11-5-3-6-12(16)9-11/h3,5-6,9-10,16H,4,7-8H2,1-2H3. The Labute approximate surface area is 107 Å². The lowest BCUT2D eigenvalue weighted by Gasteiger charge is -2.26. The highest BCUT2D eigenvalue weighted by molar-refractivity contribution is 6.17. The van der Waals surface area contributed by atoms with Gasteiger partial charge in [0.15, 0.2) is 0 Å². The summed E-state index contributed by atoms with van der Waals surface area (Å²) in [6, 6.07) is 6.53. The van der Waals surface area contributed by atoms with Crippen LogP contribution in [0.3, 0.4) is 0 Å². The van der Waals surface area contributed by atoms with E-state index >= 15 is 0 Å². The van der Waals surface area contributed by atoms with Crippen molar-refractivity contribution in [2.45, 2.75) is 26.3 Å². The van der Waals surface area contributed by atoms with Gasteiger partial charge in [0.2, 0.25) is 0 Å². The summed E-state index contributed by atoms with van der Waals surface area (Å²) in [6.45, 7) is 4.57. The number of rotatable bonds is 5. The van der Waals surface area contributed by atoms with Crippen molar-refractivity contribution in [2.75, 3.05) is 12.4 Å². The lowest BCUT2D eigenvalue weighted by atomic mass is 10.1. The van der Waals surface area contributed by atoms with Crippen molar-refractivity contribution < 1.29 is 9.90 Å². The van der Waals surface area contributed by atoms with Gasteiger partial charge in [0.25, 0.3) is 5.91 Å². The SMILES string of the molecule is CC(C)N(CCCCl)C(=O)c1cccc(O)c1. The van der Waals surface area contributed by atoms with Crippen LogP contribution in [0.4, 0.5) is 0 Å². The molecular formula is C13H18ClNO2. The van der Waals surface area contributed by atoms with Crippen molar-refractivity contribution in [3.8, 4) is 5.75 Å². The van der Waals surface area contributed by atoms with Gasteiger partial charge in [0.05, 0.1) is 0 Å². The molecule has 1 rings (SSSR count). The maximum atomic E-state index is 12.2. The molecule has 0 spiro atoms. The lowest BCUT2D eigenvalue weighted by molar-refractivity contribution is 0.0706. The molecule has 17 heavy (non-hydrogen) atoms. The van der Waals surface area contributed by atoms with E-state index in [2.05, 4.69) is 0 Å². The number of benzene rings is 1. The van der Waals surface area contributed by atoms with Crippen LogP contribution in [-0.4, -0.2) is 34.4 Å². The maximum Gasteiger partial charge on any atom is 0.254 e. The minimum atomic E-state index is -0.0685. The number of nitrogens with zero attached hydrogens (tertiary/aromatic N) is 1. The van der Waals surface area contributed by atoms with Crippen molar-refractivity contribution in [1.29, 1.82) is 0 Å². The Kier molecular flexibility index (Phi) is 5.29. The Morgan fingerprint density at radius 1 is 1.47 bits per heavy atom. The number of halogens is 1. The zero-order valence-electron chi connectivity index (χ0n) is 10.2. The molecule has 0 aliphatic rings. The number of alkyl halides is 1. The zero-order valence-corrected chi connectivity index (χ0v) is 10.9. The second kappa shape index (κ2) is 6.50. The number of carbonyl (C=O) groups is 1. The van der Waals surface area contributed by atoms with Crippen LogP contribution in [-0.2, 0) is 0 Å². The first-order valence-electron chi connectivity index (χ1n) is 5.72. The number of carbonyl (C=O) groups excluding carboxylic acids is 1. The minimum Gasteiger partial charge on any atom is -0.508 e. The number of amides is 1. The topological polar surface area (TPSA) is 40.5 Å². The third-order valence-electron chi connectivity index (χ3n) is 2.51. The van der Waals surface area contributed by atoms with E-state index < -0.39 is 0 Å². The minimum absolute atomic E-state index is 0.0685. The van der Waals surface area contributed by atoms with E-state index in [1.54, 1.807) is 23.1 Å². The number of phenols is 1. The molecule has 0 saturated heterocycles. The molecule has 0 saturated carbocycles. The van der Waals surface area contributed by atoms with E-state index in [1.807, 2.05) is 13.8 Å². The first-order chi connectivity index (χ1) is 8.06. The summed E-state index contributed by atoms with van der Waals surface area (Å²) in [5.41, 5.74) is 0.508. The van der Waals surface area contributed by atoms with Crippen LogP contribution in [0.1, 0.15) is 30.6 Å². The summed E-state index contributed by atoms with van der Waals surface area (Å²) >= 11 is 5.65. The van der Waals surface area contributed by atoms with Crippen LogP contribution in [0.2, 0.25) is 0 Å².